The molecule has 0 unspecified atom stereocenters. The smallest absolute Gasteiger partial charge is 0.289 e. The zero-order valence-corrected chi connectivity index (χ0v) is 24.1. The van der Waals surface area contributed by atoms with E-state index in [1.54, 1.807) is 19.1 Å². The van der Waals surface area contributed by atoms with Crippen LogP contribution in [0.2, 0.25) is 0 Å². The Bertz CT molecular complexity index is 940. The van der Waals surface area contributed by atoms with E-state index in [2.05, 4.69) is 4.15 Å². The number of hydrogen-bond acceptors (Lipinski definition) is 5. The largest absolute Gasteiger partial charge is 0.373 e. The average Bonchev–Trinajstić information content (AvgIpc) is 2.58. The van der Waals surface area contributed by atoms with Gasteiger partial charge in [0.05, 0.1) is 4.90 Å². The molecule has 3 atom stereocenters. The quantitative estimate of drug-likeness (QED) is 0.234. The zero-order valence-electron chi connectivity index (χ0n) is 14.7. The molecule has 2 bridgehead atoms. The third-order valence-electron chi connectivity index (χ3n) is 3.88. The molecule has 0 saturated carbocycles. The number of fused-ring (bicyclic) bond motifs is 3. The lowest BCUT2D eigenvalue weighted by Crippen LogP contribution is -2.50. The van der Waals surface area contributed by atoms with Crippen LogP contribution < -0.4 is 0 Å². The van der Waals surface area contributed by atoms with Crippen molar-refractivity contribution < 1.29 is 22.0 Å². The van der Waals surface area contributed by atoms with Crippen LogP contribution in [0.3, 0.4) is 0 Å². The molecule has 3 heterocycles. The van der Waals surface area contributed by atoms with Crippen LogP contribution in [0.15, 0.2) is 33.3 Å². The van der Waals surface area contributed by atoms with E-state index in [1.165, 1.54) is 12.1 Å². The number of hydrogen-bond donors (Lipinski definition) is 0. The van der Waals surface area contributed by atoms with Gasteiger partial charge in [-0.25, -0.2) is 0 Å². The molecule has 3 fully saturated rings. The summed E-state index contributed by atoms with van der Waals surface area (Å²) in [5.41, 5.74) is 0.820. The first-order valence-electron chi connectivity index (χ1n) is 7.84. The number of benzene rings is 1. The maximum atomic E-state index is 13.0. The molecule has 1 aromatic rings. The van der Waals surface area contributed by atoms with Crippen LogP contribution in [0.25, 0.3) is 0 Å². The van der Waals surface area contributed by atoms with E-state index in [-0.39, 0.29) is 4.90 Å². The number of nitrogens with zero attached hydrogens (tertiary/aromatic N) is 1. The molecule has 3 saturated heterocycles. The molecule has 6 nitrogen and oxygen atoms in total. The van der Waals surface area contributed by atoms with Crippen LogP contribution in [0.1, 0.15) is 5.56 Å². The SMILES string of the molecule is Cc1ccc(S(=O)(=O)N=P23O[C@@H](C(Cl)(Cl)Cl)P([C@H](C(Cl)(Cl)Cl)O2)[C@H](C(Cl)(Cl)Cl)O3)cc1. The van der Waals surface area contributed by atoms with Gasteiger partial charge in [0, 0.05) is 7.92 Å². The van der Waals surface area contributed by atoms with Crippen molar-refractivity contribution in [2.75, 3.05) is 0 Å². The van der Waals surface area contributed by atoms with Gasteiger partial charge in [0.2, 0.25) is 11.4 Å². The summed E-state index contributed by atoms with van der Waals surface area (Å²) in [4.78, 5) is -0.178. The van der Waals surface area contributed by atoms with Crippen molar-refractivity contribution in [3.05, 3.63) is 29.8 Å². The Labute approximate surface area is 225 Å². The van der Waals surface area contributed by atoms with Crippen LogP contribution in [0, 0.1) is 6.92 Å². The molecular weight excluding hydrogens is 663 g/mol. The lowest BCUT2D eigenvalue weighted by molar-refractivity contribution is 0.0664. The van der Waals surface area contributed by atoms with Crippen LogP contribution in [0.5, 0.6) is 0 Å². The van der Waals surface area contributed by atoms with Crippen molar-refractivity contribution in [1.29, 1.82) is 0 Å². The van der Waals surface area contributed by atoms with Gasteiger partial charge < -0.3 is 0 Å². The van der Waals surface area contributed by atoms with Gasteiger partial charge in [0.25, 0.3) is 10.0 Å². The predicted molar refractivity (Wildman–Crippen MR) is 130 cm³/mol. The molecule has 0 aromatic heterocycles. The van der Waals surface area contributed by atoms with Crippen molar-refractivity contribution in [2.45, 2.75) is 40.7 Å². The zero-order chi connectivity index (χ0) is 23.6. The maximum Gasteiger partial charge on any atom is 0.373 e. The first kappa shape index (κ1) is 27.9. The fourth-order valence-corrected chi connectivity index (χ4v) is 14.5. The Hall–Kier alpha value is 2.32. The van der Waals surface area contributed by atoms with E-state index < -0.39 is 54.6 Å². The summed E-state index contributed by atoms with van der Waals surface area (Å²) < 4.78 is 40.3. The molecule has 0 radical (unpaired) electrons. The molecule has 31 heavy (non-hydrogen) atoms. The summed E-state index contributed by atoms with van der Waals surface area (Å²) >= 11 is 54.8. The third-order valence-corrected chi connectivity index (χ3v) is 14.6. The van der Waals surface area contributed by atoms with Crippen molar-refractivity contribution in [1.82, 2.24) is 0 Å². The Morgan fingerprint density at radius 3 is 1.48 bits per heavy atom. The fraction of sp³-hybridized carbons (Fsp3) is 0.538. The van der Waals surface area contributed by atoms with Crippen molar-refractivity contribution >= 4 is 130 Å². The van der Waals surface area contributed by atoms with Gasteiger partial charge >= 0.3 is 7.74 Å². The second-order valence-corrected chi connectivity index (χ2v) is 19.3. The minimum atomic E-state index is -4.41. The molecule has 1 aromatic carbocycles. The summed E-state index contributed by atoms with van der Waals surface area (Å²) in [5, 5.41) is 0. The summed E-state index contributed by atoms with van der Waals surface area (Å²) in [7, 11) is -10.8. The lowest BCUT2D eigenvalue weighted by atomic mass is 10.2. The van der Waals surface area contributed by atoms with Gasteiger partial charge in [-0.05, 0) is 19.1 Å². The number of rotatable bonds is 2. The van der Waals surface area contributed by atoms with E-state index >= 15 is 0 Å². The van der Waals surface area contributed by atoms with Crippen molar-refractivity contribution in [3.8, 4) is 0 Å². The first-order valence-corrected chi connectivity index (χ1v) is 15.7. The fourth-order valence-electron chi connectivity index (χ4n) is 2.62. The van der Waals surface area contributed by atoms with Gasteiger partial charge in [-0.1, -0.05) is 126 Å². The Balaban J connectivity index is 2.23. The van der Waals surface area contributed by atoms with Gasteiger partial charge in [0.15, 0.2) is 0 Å². The highest BCUT2D eigenvalue weighted by Crippen LogP contribution is 2.83. The highest BCUT2D eigenvalue weighted by atomic mass is 35.6. The standard InChI is InChI=1S/C13H10Cl9NO5P2S/c1-6-2-4-7(5-3-6)31(24,25)23-30-26-8(11(14,15)16)29(9(27-30)12(17,18)19)10(28-30)13(20,21)22/h2-5,8-10H,1H3/t8-,9-,10-,29?,30?/m1/s1. The van der Waals surface area contributed by atoms with Crippen molar-refractivity contribution in [3.63, 3.8) is 0 Å². The van der Waals surface area contributed by atoms with Gasteiger partial charge in [-0.3, -0.25) is 13.6 Å². The van der Waals surface area contributed by atoms with Crippen LogP contribution >= 0.6 is 120 Å². The molecule has 18 heteroatoms. The van der Waals surface area contributed by atoms with E-state index in [1.807, 2.05) is 0 Å². The number of halogens is 9. The Morgan fingerprint density at radius 1 is 0.806 bits per heavy atom. The van der Waals surface area contributed by atoms with Gasteiger partial charge in [0.1, 0.15) is 17.5 Å². The molecule has 3 aliphatic rings. The van der Waals surface area contributed by atoms with E-state index in [9.17, 15) is 8.42 Å². The average molecular weight is 673 g/mol. The number of alkyl halides is 9. The lowest BCUT2D eigenvalue weighted by Gasteiger charge is -2.55. The van der Waals surface area contributed by atoms with Crippen molar-refractivity contribution in [2.24, 2.45) is 4.15 Å². The molecule has 0 amide bonds. The maximum absolute atomic E-state index is 13.0. The third kappa shape index (κ3) is 6.18. The van der Waals surface area contributed by atoms with E-state index in [0.717, 1.165) is 5.56 Å². The summed E-state index contributed by atoms with van der Waals surface area (Å²) in [6.07, 6.45) is 0. The highest BCUT2D eigenvalue weighted by Gasteiger charge is 2.68. The molecule has 0 spiro atoms. The predicted octanol–water partition coefficient (Wildman–Crippen LogP) is 8.28. The van der Waals surface area contributed by atoms with Crippen LogP contribution in [-0.2, 0) is 23.6 Å². The van der Waals surface area contributed by atoms with Gasteiger partial charge in [-0.2, -0.15) is 8.42 Å². The molecule has 0 aliphatic carbocycles. The summed E-state index contributed by atoms with van der Waals surface area (Å²) in [5.74, 6) is -4.16. The summed E-state index contributed by atoms with van der Waals surface area (Å²) in [6.45, 7) is 1.78. The second-order valence-electron chi connectivity index (χ2n) is 6.28. The first-order chi connectivity index (χ1) is 13.9. The Morgan fingerprint density at radius 2 is 1.16 bits per heavy atom. The normalized spacial score (nSPS) is 32.2. The molecule has 3 aliphatic heterocycles. The molecule has 176 valence electrons. The van der Waals surface area contributed by atoms with E-state index in [0.29, 0.717) is 0 Å². The minimum absolute atomic E-state index is 0.178. The Kier molecular flexibility index (Phi) is 8.39. The van der Waals surface area contributed by atoms with Crippen LogP contribution in [0.4, 0.5) is 0 Å². The number of sulfonamides is 1. The topological polar surface area (TPSA) is 74.2 Å². The minimum Gasteiger partial charge on any atom is -0.289 e. The molecular formula is C13H10Cl9NO5P2S. The summed E-state index contributed by atoms with van der Waals surface area (Å²) in [6, 6.07) is 5.80. The molecule has 4 rings (SSSR count). The second kappa shape index (κ2) is 9.32. The highest BCUT2D eigenvalue weighted by molar-refractivity contribution is 7.93. The van der Waals surface area contributed by atoms with E-state index in [4.69, 9.17) is 118 Å². The number of aryl methyl sites for hydroxylation is 1. The molecule has 0 N–H and O–H groups in total. The van der Waals surface area contributed by atoms with Crippen LogP contribution in [-0.4, -0.2) is 37.3 Å². The monoisotopic (exact) mass is 669 g/mol. The van der Waals surface area contributed by atoms with Gasteiger partial charge in [-0.15, -0.1) is 0 Å².